The molecule has 2 rings (SSSR count). The van der Waals surface area contributed by atoms with Crippen molar-refractivity contribution in [3.8, 4) is 5.75 Å². The molecule has 0 amide bonds. The molecule has 0 fully saturated rings. The van der Waals surface area contributed by atoms with Gasteiger partial charge in [0.25, 0.3) is 10.0 Å². The van der Waals surface area contributed by atoms with E-state index in [0.717, 1.165) is 4.31 Å². The van der Waals surface area contributed by atoms with E-state index in [-0.39, 0.29) is 4.90 Å². The third-order valence-corrected chi connectivity index (χ3v) is 4.47. The van der Waals surface area contributed by atoms with Gasteiger partial charge in [-0.1, -0.05) is 6.07 Å². The highest BCUT2D eigenvalue weighted by Gasteiger charge is 2.21. The molecule has 5 nitrogen and oxygen atoms in total. The first-order valence-electron chi connectivity index (χ1n) is 5.60. The van der Waals surface area contributed by atoms with Gasteiger partial charge in [-0.2, -0.15) is 0 Å². The first-order chi connectivity index (χ1) is 9.05. The van der Waals surface area contributed by atoms with Crippen molar-refractivity contribution >= 4 is 15.8 Å². The van der Waals surface area contributed by atoms with Crippen LogP contribution in [0.3, 0.4) is 0 Å². The van der Waals surface area contributed by atoms with E-state index in [9.17, 15) is 8.42 Å². The Morgan fingerprint density at radius 1 is 1.11 bits per heavy atom. The van der Waals surface area contributed by atoms with Crippen LogP contribution < -0.4 is 9.04 Å². The average molecular weight is 278 g/mol. The summed E-state index contributed by atoms with van der Waals surface area (Å²) in [5.41, 5.74) is 0. The first-order valence-corrected chi connectivity index (χ1v) is 7.04. The molecule has 1 aromatic carbocycles. The molecular formula is C13H14N2O3S. The monoisotopic (exact) mass is 278 g/mol. The number of pyridine rings is 1. The number of benzene rings is 1. The summed E-state index contributed by atoms with van der Waals surface area (Å²) in [6.07, 6.45) is 1.55. The van der Waals surface area contributed by atoms with Gasteiger partial charge in [-0.25, -0.2) is 13.4 Å². The molecule has 19 heavy (non-hydrogen) atoms. The molecule has 1 aromatic heterocycles. The molecule has 0 N–H and O–H groups in total. The van der Waals surface area contributed by atoms with Gasteiger partial charge in [-0.05, 0) is 36.4 Å². The van der Waals surface area contributed by atoms with Crippen LogP contribution in [0.15, 0.2) is 53.6 Å². The van der Waals surface area contributed by atoms with Crippen LogP contribution in [0.4, 0.5) is 5.82 Å². The summed E-state index contributed by atoms with van der Waals surface area (Å²) >= 11 is 0. The number of nitrogens with zero attached hydrogens (tertiary/aromatic N) is 2. The van der Waals surface area contributed by atoms with Crippen molar-refractivity contribution in [1.82, 2.24) is 4.98 Å². The first kappa shape index (κ1) is 13.4. The maximum absolute atomic E-state index is 12.4. The van der Waals surface area contributed by atoms with Gasteiger partial charge in [0.15, 0.2) is 0 Å². The Morgan fingerprint density at radius 3 is 2.32 bits per heavy atom. The SMILES string of the molecule is COc1ccc(S(=O)(=O)N(C)c2ccccn2)cc1. The molecule has 6 heteroatoms. The summed E-state index contributed by atoms with van der Waals surface area (Å²) < 4.78 is 30.9. The summed E-state index contributed by atoms with van der Waals surface area (Å²) in [6.45, 7) is 0. The highest BCUT2D eigenvalue weighted by molar-refractivity contribution is 7.92. The Bertz CT molecular complexity index is 639. The van der Waals surface area contributed by atoms with Crippen LogP contribution in [0.5, 0.6) is 5.75 Å². The zero-order chi connectivity index (χ0) is 13.9. The Kier molecular flexibility index (Phi) is 3.71. The van der Waals surface area contributed by atoms with Gasteiger partial charge in [0.05, 0.1) is 12.0 Å². The maximum atomic E-state index is 12.4. The lowest BCUT2D eigenvalue weighted by atomic mass is 10.3. The topological polar surface area (TPSA) is 59.5 Å². The van der Waals surface area contributed by atoms with Crippen LogP contribution in [0.2, 0.25) is 0 Å². The third kappa shape index (κ3) is 2.68. The molecule has 0 atom stereocenters. The van der Waals surface area contributed by atoms with E-state index in [2.05, 4.69) is 4.98 Å². The molecule has 0 spiro atoms. The molecule has 0 radical (unpaired) electrons. The molecule has 0 saturated carbocycles. The van der Waals surface area contributed by atoms with Crippen molar-refractivity contribution in [3.63, 3.8) is 0 Å². The van der Waals surface area contributed by atoms with Crippen LogP contribution in [-0.2, 0) is 10.0 Å². The third-order valence-electron chi connectivity index (χ3n) is 2.69. The number of methoxy groups -OCH3 is 1. The zero-order valence-electron chi connectivity index (χ0n) is 10.6. The van der Waals surface area contributed by atoms with Crippen LogP contribution in [-0.4, -0.2) is 27.6 Å². The number of anilines is 1. The van der Waals surface area contributed by atoms with E-state index in [4.69, 9.17) is 4.74 Å². The highest BCUT2D eigenvalue weighted by atomic mass is 32.2. The van der Waals surface area contributed by atoms with Crippen LogP contribution in [0.25, 0.3) is 0 Å². The fourth-order valence-electron chi connectivity index (χ4n) is 1.57. The predicted octanol–water partition coefficient (Wildman–Crippen LogP) is 1.92. The molecule has 0 aliphatic carbocycles. The van der Waals surface area contributed by atoms with E-state index in [1.807, 2.05) is 0 Å². The number of sulfonamides is 1. The van der Waals surface area contributed by atoms with Gasteiger partial charge in [0, 0.05) is 13.2 Å². The smallest absolute Gasteiger partial charge is 0.265 e. The normalized spacial score (nSPS) is 11.1. The van der Waals surface area contributed by atoms with Crippen LogP contribution >= 0.6 is 0 Å². The minimum absolute atomic E-state index is 0.196. The van der Waals surface area contributed by atoms with Gasteiger partial charge < -0.3 is 4.74 Å². The highest BCUT2D eigenvalue weighted by Crippen LogP contribution is 2.21. The van der Waals surface area contributed by atoms with Gasteiger partial charge >= 0.3 is 0 Å². The van der Waals surface area contributed by atoms with Crippen molar-refractivity contribution in [3.05, 3.63) is 48.7 Å². The van der Waals surface area contributed by atoms with Gasteiger partial charge in [-0.15, -0.1) is 0 Å². The molecule has 1 heterocycles. The van der Waals surface area contributed by atoms with E-state index in [0.29, 0.717) is 11.6 Å². The fraction of sp³-hybridized carbons (Fsp3) is 0.154. The Hall–Kier alpha value is -2.08. The Morgan fingerprint density at radius 2 is 1.79 bits per heavy atom. The zero-order valence-corrected chi connectivity index (χ0v) is 11.5. The summed E-state index contributed by atoms with van der Waals surface area (Å²) in [5.74, 6) is 0.984. The molecular weight excluding hydrogens is 264 g/mol. The quantitative estimate of drug-likeness (QED) is 0.857. The second-order valence-electron chi connectivity index (χ2n) is 3.84. The largest absolute Gasteiger partial charge is 0.497 e. The average Bonchev–Trinajstić information content (AvgIpc) is 2.47. The minimum Gasteiger partial charge on any atom is -0.497 e. The number of hydrogen-bond acceptors (Lipinski definition) is 4. The van der Waals surface area contributed by atoms with E-state index >= 15 is 0 Å². The van der Waals surface area contributed by atoms with Crippen molar-refractivity contribution in [1.29, 1.82) is 0 Å². The molecule has 2 aromatic rings. The molecule has 0 unspecified atom stereocenters. The van der Waals surface area contributed by atoms with E-state index in [1.165, 1.54) is 26.3 Å². The van der Waals surface area contributed by atoms with E-state index in [1.54, 1.807) is 36.5 Å². The lowest BCUT2D eigenvalue weighted by Gasteiger charge is -2.18. The van der Waals surface area contributed by atoms with E-state index < -0.39 is 10.0 Å². The molecule has 0 aliphatic rings. The van der Waals surface area contributed by atoms with Gasteiger partial charge in [0.2, 0.25) is 0 Å². The molecule has 100 valence electrons. The summed E-state index contributed by atoms with van der Waals surface area (Å²) in [6, 6.07) is 11.3. The second-order valence-corrected chi connectivity index (χ2v) is 5.81. The number of hydrogen-bond donors (Lipinski definition) is 0. The van der Waals surface area contributed by atoms with Crippen molar-refractivity contribution in [2.24, 2.45) is 0 Å². The number of aromatic nitrogens is 1. The predicted molar refractivity (Wildman–Crippen MR) is 72.8 cm³/mol. The summed E-state index contributed by atoms with van der Waals surface area (Å²) in [4.78, 5) is 4.22. The fourth-order valence-corrected chi connectivity index (χ4v) is 2.72. The molecule has 0 bridgehead atoms. The van der Waals surface area contributed by atoms with Crippen molar-refractivity contribution < 1.29 is 13.2 Å². The van der Waals surface area contributed by atoms with Crippen molar-refractivity contribution in [2.45, 2.75) is 4.90 Å². The molecule has 0 aliphatic heterocycles. The van der Waals surface area contributed by atoms with Gasteiger partial charge in [-0.3, -0.25) is 4.31 Å². The number of ether oxygens (including phenoxy) is 1. The maximum Gasteiger partial charge on any atom is 0.265 e. The standard InChI is InChI=1S/C13H14N2O3S/c1-15(13-5-3-4-10-14-13)19(16,17)12-8-6-11(18-2)7-9-12/h3-10H,1-2H3. The van der Waals surface area contributed by atoms with Crippen LogP contribution in [0, 0.1) is 0 Å². The lowest BCUT2D eigenvalue weighted by molar-refractivity contribution is 0.414. The number of rotatable bonds is 4. The summed E-state index contributed by atoms with van der Waals surface area (Å²) in [5, 5.41) is 0. The Balaban J connectivity index is 2.36. The van der Waals surface area contributed by atoms with Gasteiger partial charge in [0.1, 0.15) is 11.6 Å². The second kappa shape index (κ2) is 5.27. The van der Waals surface area contributed by atoms with Crippen LogP contribution in [0.1, 0.15) is 0 Å². The van der Waals surface area contributed by atoms with Crippen molar-refractivity contribution in [2.75, 3.05) is 18.5 Å². The Labute approximate surface area is 112 Å². The minimum atomic E-state index is -3.60. The summed E-state index contributed by atoms with van der Waals surface area (Å²) in [7, 11) is -0.596. The molecule has 0 saturated heterocycles. The lowest BCUT2D eigenvalue weighted by Crippen LogP contribution is -2.27.